The van der Waals surface area contributed by atoms with E-state index in [2.05, 4.69) is 5.32 Å². The third-order valence-corrected chi connectivity index (χ3v) is 1.70. The van der Waals surface area contributed by atoms with Crippen LogP contribution in [0, 0.1) is 6.73 Å². The summed E-state index contributed by atoms with van der Waals surface area (Å²) in [6.45, 7) is 4.27. The number of nitrogens with one attached hydrogen (secondary N) is 1. The van der Waals surface area contributed by atoms with Crippen LogP contribution < -0.4 is 5.32 Å². The third-order valence-electron chi connectivity index (χ3n) is 1.70. The molecule has 0 bridgehead atoms. The first-order valence-corrected chi connectivity index (χ1v) is 3.57. The molecule has 1 unspecified atom stereocenters. The zero-order valence-electron chi connectivity index (χ0n) is 5.75. The van der Waals surface area contributed by atoms with Crippen LogP contribution in [0.4, 0.5) is 0 Å². The minimum absolute atomic E-state index is 0.0995. The van der Waals surface area contributed by atoms with E-state index >= 15 is 0 Å². The van der Waals surface area contributed by atoms with Gasteiger partial charge in [0, 0.05) is 13.1 Å². The van der Waals surface area contributed by atoms with Crippen LogP contribution >= 0.6 is 0 Å². The lowest BCUT2D eigenvalue weighted by Crippen LogP contribution is -2.34. The summed E-state index contributed by atoms with van der Waals surface area (Å²) >= 11 is 0. The van der Waals surface area contributed by atoms with E-state index in [4.69, 9.17) is 9.57 Å². The fourth-order valence-corrected chi connectivity index (χ4v) is 1.19. The quantitative estimate of drug-likeness (QED) is 0.546. The van der Waals surface area contributed by atoms with Crippen LogP contribution in [-0.2, 0) is 9.57 Å². The summed E-state index contributed by atoms with van der Waals surface area (Å²) in [6.07, 6.45) is 1.21. The first kappa shape index (κ1) is 6.54. The van der Waals surface area contributed by atoms with E-state index in [-0.39, 0.29) is 6.23 Å². The summed E-state index contributed by atoms with van der Waals surface area (Å²) < 4.78 is 5.20. The monoisotopic (exact) mass is 143 g/mol. The standard InChI is InChI=1S/C6H11N2O2/c1-2-8(10-3-1)6-4-7-5-9-6/h5-7H,1-4H2. The number of hydroxylamine groups is 2. The van der Waals surface area contributed by atoms with Gasteiger partial charge in [-0.15, -0.1) is 0 Å². The SMILES string of the molecule is [CH]1NCC(N2CCCO2)O1. The third kappa shape index (κ3) is 1.15. The van der Waals surface area contributed by atoms with Gasteiger partial charge in [-0.1, -0.05) is 0 Å². The molecule has 2 saturated heterocycles. The van der Waals surface area contributed by atoms with Crippen LogP contribution in [0.25, 0.3) is 0 Å². The Balaban J connectivity index is 1.85. The molecule has 0 saturated carbocycles. The molecule has 0 aromatic heterocycles. The van der Waals surface area contributed by atoms with E-state index in [1.54, 1.807) is 6.73 Å². The zero-order chi connectivity index (χ0) is 6.81. The summed E-state index contributed by atoms with van der Waals surface area (Å²) in [5, 5.41) is 4.87. The highest BCUT2D eigenvalue weighted by atomic mass is 16.7. The van der Waals surface area contributed by atoms with Gasteiger partial charge in [-0.2, -0.15) is 5.06 Å². The highest BCUT2D eigenvalue weighted by Crippen LogP contribution is 2.13. The molecule has 4 nitrogen and oxygen atoms in total. The summed E-state index contributed by atoms with van der Waals surface area (Å²) in [6, 6.07) is 0. The number of hydrogen-bond donors (Lipinski definition) is 1. The Morgan fingerprint density at radius 1 is 1.60 bits per heavy atom. The van der Waals surface area contributed by atoms with Crippen LogP contribution in [0.3, 0.4) is 0 Å². The van der Waals surface area contributed by atoms with Crippen molar-refractivity contribution in [2.45, 2.75) is 12.6 Å². The van der Waals surface area contributed by atoms with Crippen molar-refractivity contribution in [2.75, 3.05) is 19.7 Å². The molecule has 1 N–H and O–H groups in total. The zero-order valence-corrected chi connectivity index (χ0v) is 5.75. The Bertz CT molecular complexity index is 94.3. The van der Waals surface area contributed by atoms with Gasteiger partial charge in [-0.3, -0.25) is 10.2 Å². The molecule has 2 aliphatic heterocycles. The predicted molar refractivity (Wildman–Crippen MR) is 34.5 cm³/mol. The molecular formula is C6H11N2O2. The van der Waals surface area contributed by atoms with Gasteiger partial charge in [0.05, 0.1) is 6.61 Å². The van der Waals surface area contributed by atoms with Crippen LogP contribution in [0.2, 0.25) is 0 Å². The van der Waals surface area contributed by atoms with Crippen LogP contribution in [0.15, 0.2) is 0 Å². The van der Waals surface area contributed by atoms with Gasteiger partial charge >= 0.3 is 0 Å². The highest BCUT2D eigenvalue weighted by molar-refractivity contribution is 4.70. The second kappa shape index (κ2) is 2.84. The summed E-state index contributed by atoms with van der Waals surface area (Å²) in [4.78, 5) is 5.29. The first-order valence-electron chi connectivity index (χ1n) is 3.57. The molecule has 2 rings (SSSR count). The van der Waals surface area contributed by atoms with Crippen LogP contribution in [0.1, 0.15) is 6.42 Å². The largest absolute Gasteiger partial charge is 0.337 e. The van der Waals surface area contributed by atoms with Crippen LogP contribution in [-0.4, -0.2) is 31.0 Å². The Morgan fingerprint density at radius 2 is 2.60 bits per heavy atom. The number of hydrogen-bond acceptors (Lipinski definition) is 4. The highest BCUT2D eigenvalue weighted by Gasteiger charge is 2.26. The van der Waals surface area contributed by atoms with Gasteiger partial charge in [0.15, 0.2) is 6.73 Å². The van der Waals surface area contributed by atoms with Crippen molar-refractivity contribution in [3.63, 3.8) is 0 Å². The van der Waals surface area contributed by atoms with Gasteiger partial charge in [0.1, 0.15) is 6.23 Å². The normalized spacial score (nSPS) is 35.4. The molecular weight excluding hydrogens is 132 g/mol. The minimum atomic E-state index is 0.0995. The molecule has 2 fully saturated rings. The topological polar surface area (TPSA) is 33.7 Å². The minimum Gasteiger partial charge on any atom is -0.337 e. The maximum atomic E-state index is 5.29. The second-order valence-electron chi connectivity index (χ2n) is 2.44. The molecule has 0 aliphatic carbocycles. The molecule has 10 heavy (non-hydrogen) atoms. The first-order chi connectivity index (χ1) is 4.97. The Hall–Kier alpha value is -0.160. The van der Waals surface area contributed by atoms with Gasteiger partial charge in [0.2, 0.25) is 0 Å². The Labute approximate surface area is 60.0 Å². The van der Waals surface area contributed by atoms with E-state index < -0.39 is 0 Å². The number of nitrogens with zero attached hydrogens (tertiary/aromatic N) is 1. The smallest absolute Gasteiger partial charge is 0.150 e. The maximum Gasteiger partial charge on any atom is 0.150 e. The van der Waals surface area contributed by atoms with E-state index in [0.717, 1.165) is 26.1 Å². The Morgan fingerprint density at radius 3 is 3.20 bits per heavy atom. The lowest BCUT2D eigenvalue weighted by Gasteiger charge is -2.18. The lowest BCUT2D eigenvalue weighted by molar-refractivity contribution is -0.195. The fourth-order valence-electron chi connectivity index (χ4n) is 1.19. The molecule has 57 valence electrons. The molecule has 0 amide bonds. The lowest BCUT2D eigenvalue weighted by atomic mass is 10.4. The van der Waals surface area contributed by atoms with Crippen molar-refractivity contribution in [2.24, 2.45) is 0 Å². The van der Waals surface area contributed by atoms with Gasteiger partial charge < -0.3 is 4.74 Å². The Kier molecular flexibility index (Phi) is 1.86. The van der Waals surface area contributed by atoms with E-state index in [9.17, 15) is 0 Å². The molecule has 2 aliphatic rings. The van der Waals surface area contributed by atoms with Crippen molar-refractivity contribution in [3.8, 4) is 0 Å². The molecule has 4 heteroatoms. The van der Waals surface area contributed by atoms with Crippen molar-refractivity contribution in [3.05, 3.63) is 6.73 Å². The van der Waals surface area contributed by atoms with Crippen LogP contribution in [0.5, 0.6) is 0 Å². The maximum absolute atomic E-state index is 5.29. The van der Waals surface area contributed by atoms with E-state index in [1.165, 1.54) is 0 Å². The number of ether oxygens (including phenoxy) is 1. The van der Waals surface area contributed by atoms with Gasteiger partial charge in [-0.25, -0.2) is 0 Å². The molecule has 0 spiro atoms. The molecule has 0 aromatic rings. The van der Waals surface area contributed by atoms with E-state index in [0.29, 0.717) is 0 Å². The average Bonchev–Trinajstić information content (AvgIpc) is 2.59. The van der Waals surface area contributed by atoms with Crippen molar-refractivity contribution in [1.82, 2.24) is 10.4 Å². The molecule has 2 heterocycles. The predicted octanol–water partition coefficient (Wildman–Crippen LogP) is -0.311. The summed E-state index contributed by atoms with van der Waals surface area (Å²) in [7, 11) is 0. The van der Waals surface area contributed by atoms with Crippen molar-refractivity contribution < 1.29 is 9.57 Å². The van der Waals surface area contributed by atoms with Gasteiger partial charge in [0.25, 0.3) is 0 Å². The van der Waals surface area contributed by atoms with E-state index in [1.807, 2.05) is 5.06 Å². The van der Waals surface area contributed by atoms with Crippen molar-refractivity contribution >= 4 is 0 Å². The number of rotatable bonds is 1. The molecule has 0 aromatic carbocycles. The summed E-state index contributed by atoms with van der Waals surface area (Å²) in [5.41, 5.74) is 0. The summed E-state index contributed by atoms with van der Waals surface area (Å²) in [5.74, 6) is 0. The molecule has 1 atom stereocenters. The second-order valence-corrected chi connectivity index (χ2v) is 2.44. The van der Waals surface area contributed by atoms with Gasteiger partial charge in [-0.05, 0) is 6.42 Å². The molecule has 1 radical (unpaired) electrons. The fraction of sp³-hybridized carbons (Fsp3) is 0.833. The average molecular weight is 143 g/mol. The van der Waals surface area contributed by atoms with Crippen molar-refractivity contribution in [1.29, 1.82) is 0 Å².